The van der Waals surface area contributed by atoms with Gasteiger partial charge in [-0.2, -0.15) is 0 Å². The SMILES string of the molecule is CCOc1c(Br)cc(Cl)cc1NCC(=O)NCCc1ccc(OC)c(OC)c1. The van der Waals surface area contributed by atoms with E-state index < -0.39 is 0 Å². The van der Waals surface area contributed by atoms with Gasteiger partial charge >= 0.3 is 0 Å². The lowest BCUT2D eigenvalue weighted by Crippen LogP contribution is -2.31. The third-order valence-corrected chi connectivity index (χ3v) is 4.73. The first-order chi connectivity index (χ1) is 13.5. The van der Waals surface area contributed by atoms with Gasteiger partial charge in [0.2, 0.25) is 5.91 Å². The first-order valence-electron chi connectivity index (χ1n) is 8.81. The van der Waals surface area contributed by atoms with E-state index in [0.29, 0.717) is 47.5 Å². The molecule has 0 unspecified atom stereocenters. The number of carbonyl (C=O) groups is 1. The molecule has 2 N–H and O–H groups in total. The number of rotatable bonds is 10. The fourth-order valence-electron chi connectivity index (χ4n) is 2.60. The minimum absolute atomic E-state index is 0.110. The van der Waals surface area contributed by atoms with Crippen molar-refractivity contribution >= 4 is 39.1 Å². The van der Waals surface area contributed by atoms with Crippen molar-refractivity contribution in [1.82, 2.24) is 5.32 Å². The zero-order chi connectivity index (χ0) is 20.5. The summed E-state index contributed by atoms with van der Waals surface area (Å²) in [6.07, 6.45) is 0.680. The molecule has 6 nitrogen and oxygen atoms in total. The third-order valence-electron chi connectivity index (χ3n) is 3.92. The lowest BCUT2D eigenvalue weighted by Gasteiger charge is -2.15. The number of benzene rings is 2. The zero-order valence-electron chi connectivity index (χ0n) is 16.1. The summed E-state index contributed by atoms with van der Waals surface area (Å²) in [5.41, 5.74) is 1.71. The van der Waals surface area contributed by atoms with E-state index in [4.69, 9.17) is 25.8 Å². The molecular weight excluding hydrogens is 448 g/mol. The summed E-state index contributed by atoms with van der Waals surface area (Å²) in [4.78, 5) is 12.2. The fraction of sp³-hybridized carbons (Fsp3) is 0.350. The summed E-state index contributed by atoms with van der Waals surface area (Å²) in [6, 6.07) is 9.18. The molecule has 1 amide bonds. The van der Waals surface area contributed by atoms with Gasteiger partial charge in [0.1, 0.15) is 0 Å². The van der Waals surface area contributed by atoms with Gasteiger partial charge in [0, 0.05) is 11.6 Å². The second-order valence-electron chi connectivity index (χ2n) is 5.84. The average Bonchev–Trinajstić information content (AvgIpc) is 2.68. The van der Waals surface area contributed by atoms with Crippen LogP contribution in [0.3, 0.4) is 0 Å². The van der Waals surface area contributed by atoms with Gasteiger partial charge in [-0.1, -0.05) is 17.7 Å². The normalized spacial score (nSPS) is 10.3. The Morgan fingerprint density at radius 3 is 2.57 bits per heavy atom. The Labute approximate surface area is 178 Å². The standard InChI is InChI=1S/C20H24BrClN2O4/c1-4-28-20-15(21)10-14(22)11-16(20)24-12-19(25)23-8-7-13-5-6-17(26-2)18(9-13)27-3/h5-6,9-11,24H,4,7-8,12H2,1-3H3,(H,23,25). The van der Waals surface area contributed by atoms with Crippen LogP contribution < -0.4 is 24.8 Å². The topological polar surface area (TPSA) is 68.8 Å². The number of ether oxygens (including phenoxy) is 3. The fourth-order valence-corrected chi connectivity index (χ4v) is 3.53. The van der Waals surface area contributed by atoms with E-state index in [1.807, 2.05) is 25.1 Å². The minimum Gasteiger partial charge on any atom is -0.493 e. The summed E-state index contributed by atoms with van der Waals surface area (Å²) in [5.74, 6) is 1.85. The highest BCUT2D eigenvalue weighted by atomic mass is 79.9. The highest BCUT2D eigenvalue weighted by molar-refractivity contribution is 9.10. The molecule has 0 aromatic heterocycles. The summed E-state index contributed by atoms with van der Waals surface area (Å²) < 4.78 is 16.9. The smallest absolute Gasteiger partial charge is 0.239 e. The number of carbonyl (C=O) groups excluding carboxylic acids is 1. The molecule has 0 saturated heterocycles. The maximum Gasteiger partial charge on any atom is 0.239 e. The summed E-state index contributed by atoms with van der Waals surface area (Å²) in [6.45, 7) is 3.02. The molecule has 8 heteroatoms. The van der Waals surface area contributed by atoms with Gasteiger partial charge in [-0.3, -0.25) is 4.79 Å². The van der Waals surface area contributed by atoms with Crippen molar-refractivity contribution in [3.05, 3.63) is 45.4 Å². The summed E-state index contributed by atoms with van der Waals surface area (Å²) in [7, 11) is 3.19. The number of amides is 1. The Morgan fingerprint density at radius 2 is 1.89 bits per heavy atom. The van der Waals surface area contributed by atoms with E-state index in [0.717, 1.165) is 10.0 Å². The van der Waals surface area contributed by atoms with Crippen LogP contribution in [0.25, 0.3) is 0 Å². The van der Waals surface area contributed by atoms with Crippen LogP contribution in [0, 0.1) is 0 Å². The van der Waals surface area contributed by atoms with Gasteiger partial charge in [-0.25, -0.2) is 0 Å². The summed E-state index contributed by atoms with van der Waals surface area (Å²) in [5, 5.41) is 6.51. The maximum atomic E-state index is 12.2. The molecule has 0 radical (unpaired) electrons. The Kier molecular flexibility index (Phi) is 8.73. The number of methoxy groups -OCH3 is 2. The molecule has 0 aliphatic carbocycles. The van der Waals surface area contributed by atoms with Crippen LogP contribution in [-0.2, 0) is 11.2 Å². The molecule has 0 heterocycles. The first-order valence-corrected chi connectivity index (χ1v) is 9.98. The van der Waals surface area contributed by atoms with E-state index in [1.54, 1.807) is 26.4 Å². The quantitative estimate of drug-likeness (QED) is 0.541. The van der Waals surface area contributed by atoms with Crippen molar-refractivity contribution in [2.45, 2.75) is 13.3 Å². The van der Waals surface area contributed by atoms with Gasteiger partial charge in [-0.05, 0) is 59.1 Å². The highest BCUT2D eigenvalue weighted by Gasteiger charge is 2.11. The van der Waals surface area contributed by atoms with Crippen molar-refractivity contribution in [2.24, 2.45) is 0 Å². The molecule has 0 saturated carbocycles. The van der Waals surface area contributed by atoms with Crippen LogP contribution in [0.4, 0.5) is 5.69 Å². The number of nitrogens with one attached hydrogen (secondary N) is 2. The van der Waals surface area contributed by atoms with Gasteiger partial charge in [0.15, 0.2) is 17.2 Å². The Bertz CT molecular complexity index is 817. The molecule has 2 aromatic carbocycles. The second-order valence-corrected chi connectivity index (χ2v) is 7.13. The predicted molar refractivity (Wildman–Crippen MR) is 115 cm³/mol. The molecule has 152 valence electrons. The predicted octanol–water partition coefficient (Wildman–Crippen LogP) is 4.29. The Hall–Kier alpha value is -2.12. The van der Waals surface area contributed by atoms with Crippen LogP contribution in [-0.4, -0.2) is 39.8 Å². The van der Waals surface area contributed by atoms with Crippen LogP contribution in [0.5, 0.6) is 17.2 Å². The van der Waals surface area contributed by atoms with Gasteiger partial charge in [0.25, 0.3) is 0 Å². The lowest BCUT2D eigenvalue weighted by atomic mass is 10.1. The van der Waals surface area contributed by atoms with Gasteiger partial charge in [0.05, 0.1) is 37.5 Å². The van der Waals surface area contributed by atoms with Gasteiger partial charge in [-0.15, -0.1) is 0 Å². The van der Waals surface area contributed by atoms with Crippen LogP contribution in [0.15, 0.2) is 34.8 Å². The van der Waals surface area contributed by atoms with E-state index in [-0.39, 0.29) is 12.5 Å². The average molecular weight is 472 g/mol. The molecule has 0 fully saturated rings. The molecule has 0 atom stereocenters. The Balaban J connectivity index is 1.87. The number of hydrogen-bond donors (Lipinski definition) is 2. The molecule has 28 heavy (non-hydrogen) atoms. The van der Waals surface area contributed by atoms with Crippen LogP contribution in [0.2, 0.25) is 5.02 Å². The van der Waals surface area contributed by atoms with Crippen molar-refractivity contribution in [3.8, 4) is 17.2 Å². The largest absolute Gasteiger partial charge is 0.493 e. The molecule has 0 spiro atoms. The monoisotopic (exact) mass is 470 g/mol. The van der Waals surface area contributed by atoms with Gasteiger partial charge < -0.3 is 24.8 Å². The molecule has 0 aliphatic heterocycles. The van der Waals surface area contributed by atoms with Crippen molar-refractivity contribution in [1.29, 1.82) is 0 Å². The molecule has 0 bridgehead atoms. The Morgan fingerprint density at radius 1 is 1.14 bits per heavy atom. The van der Waals surface area contributed by atoms with E-state index in [9.17, 15) is 4.79 Å². The van der Waals surface area contributed by atoms with E-state index >= 15 is 0 Å². The first kappa shape index (κ1) is 22.2. The third kappa shape index (κ3) is 6.21. The molecule has 2 aromatic rings. The van der Waals surface area contributed by atoms with Crippen molar-refractivity contribution < 1.29 is 19.0 Å². The second kappa shape index (κ2) is 11.0. The maximum absolute atomic E-state index is 12.2. The lowest BCUT2D eigenvalue weighted by molar-refractivity contribution is -0.119. The molecule has 2 rings (SSSR count). The number of hydrogen-bond acceptors (Lipinski definition) is 5. The van der Waals surface area contributed by atoms with Crippen molar-refractivity contribution in [2.75, 3.05) is 39.2 Å². The molecular formula is C20H24BrClN2O4. The number of halogens is 2. The highest BCUT2D eigenvalue weighted by Crippen LogP contribution is 2.36. The van der Waals surface area contributed by atoms with Crippen LogP contribution in [0.1, 0.15) is 12.5 Å². The summed E-state index contributed by atoms with van der Waals surface area (Å²) >= 11 is 9.52. The molecule has 0 aliphatic rings. The van der Waals surface area contributed by atoms with Crippen molar-refractivity contribution in [3.63, 3.8) is 0 Å². The van der Waals surface area contributed by atoms with E-state index in [1.165, 1.54) is 0 Å². The number of anilines is 1. The van der Waals surface area contributed by atoms with E-state index in [2.05, 4.69) is 26.6 Å². The minimum atomic E-state index is -0.126. The zero-order valence-corrected chi connectivity index (χ0v) is 18.4. The van der Waals surface area contributed by atoms with Crippen LogP contribution >= 0.6 is 27.5 Å².